The van der Waals surface area contributed by atoms with E-state index in [-0.39, 0.29) is 17.5 Å². The number of benzene rings is 1. The van der Waals surface area contributed by atoms with Crippen LogP contribution in [0, 0.1) is 0 Å². The summed E-state index contributed by atoms with van der Waals surface area (Å²) in [7, 11) is 0. The van der Waals surface area contributed by atoms with Crippen LogP contribution in [0.1, 0.15) is 31.7 Å². The molecule has 1 aromatic rings. The SMILES string of the molecule is CCCCC1CSc2cc(O)c(O)cc2CN1O. The normalized spacial score (nSPS) is 20.4. The molecule has 2 rings (SSSR count). The van der Waals surface area contributed by atoms with Crippen molar-refractivity contribution < 1.29 is 15.4 Å². The third kappa shape index (κ3) is 2.91. The Kier molecular flexibility index (Phi) is 4.37. The van der Waals surface area contributed by atoms with E-state index >= 15 is 0 Å². The maximum absolute atomic E-state index is 10.1. The Morgan fingerprint density at radius 3 is 2.78 bits per heavy atom. The van der Waals surface area contributed by atoms with Crippen molar-refractivity contribution in [1.29, 1.82) is 0 Å². The van der Waals surface area contributed by atoms with Crippen LogP contribution < -0.4 is 0 Å². The Hall–Kier alpha value is -0.910. The van der Waals surface area contributed by atoms with E-state index in [9.17, 15) is 15.4 Å². The van der Waals surface area contributed by atoms with Gasteiger partial charge in [-0.15, -0.1) is 11.8 Å². The number of rotatable bonds is 3. The van der Waals surface area contributed by atoms with Crippen molar-refractivity contribution in [2.45, 2.75) is 43.7 Å². The number of phenols is 2. The van der Waals surface area contributed by atoms with Crippen LogP contribution >= 0.6 is 11.8 Å². The predicted octanol–water partition coefficient (Wildman–Crippen LogP) is 2.95. The van der Waals surface area contributed by atoms with Gasteiger partial charge in [-0.3, -0.25) is 0 Å². The fourth-order valence-corrected chi connectivity index (χ4v) is 3.32. The molecule has 1 aliphatic rings. The predicted molar refractivity (Wildman–Crippen MR) is 71.1 cm³/mol. The molecule has 0 radical (unpaired) electrons. The molecule has 0 aliphatic carbocycles. The number of hydrogen-bond acceptors (Lipinski definition) is 5. The average Bonchev–Trinajstić information content (AvgIpc) is 2.47. The summed E-state index contributed by atoms with van der Waals surface area (Å²) in [5, 5.41) is 30.4. The fraction of sp³-hybridized carbons (Fsp3) is 0.538. The summed E-state index contributed by atoms with van der Waals surface area (Å²) in [6.45, 7) is 2.53. The van der Waals surface area contributed by atoms with Gasteiger partial charge in [0.15, 0.2) is 11.5 Å². The van der Waals surface area contributed by atoms with Crippen molar-refractivity contribution in [3.05, 3.63) is 17.7 Å². The van der Waals surface area contributed by atoms with E-state index < -0.39 is 0 Å². The van der Waals surface area contributed by atoms with Gasteiger partial charge in [0.1, 0.15) is 0 Å². The molecule has 0 bridgehead atoms. The molecule has 0 amide bonds. The molecule has 0 aromatic heterocycles. The maximum atomic E-state index is 10.1. The Morgan fingerprint density at radius 1 is 1.33 bits per heavy atom. The highest BCUT2D eigenvalue weighted by Gasteiger charge is 2.23. The first-order chi connectivity index (χ1) is 8.61. The van der Waals surface area contributed by atoms with Gasteiger partial charge in [0, 0.05) is 16.7 Å². The first-order valence-corrected chi connectivity index (χ1v) is 7.23. The molecule has 100 valence electrons. The topological polar surface area (TPSA) is 63.9 Å². The highest BCUT2D eigenvalue weighted by molar-refractivity contribution is 7.99. The lowest BCUT2D eigenvalue weighted by molar-refractivity contribution is -0.130. The second-order valence-electron chi connectivity index (χ2n) is 4.65. The van der Waals surface area contributed by atoms with E-state index in [2.05, 4.69) is 6.92 Å². The fourth-order valence-electron chi connectivity index (χ4n) is 2.11. The summed E-state index contributed by atoms with van der Waals surface area (Å²) in [4.78, 5) is 0.934. The number of thioether (sulfide) groups is 1. The number of hydroxylamine groups is 2. The van der Waals surface area contributed by atoms with Crippen molar-refractivity contribution in [2.75, 3.05) is 5.75 Å². The van der Waals surface area contributed by atoms with E-state index in [0.29, 0.717) is 6.54 Å². The number of fused-ring (bicyclic) bond motifs is 1. The lowest BCUT2D eigenvalue weighted by atomic mass is 10.1. The maximum Gasteiger partial charge on any atom is 0.158 e. The van der Waals surface area contributed by atoms with Crippen molar-refractivity contribution >= 4 is 11.8 Å². The highest BCUT2D eigenvalue weighted by atomic mass is 32.2. The Labute approximate surface area is 111 Å². The van der Waals surface area contributed by atoms with Crippen LogP contribution in [0.4, 0.5) is 0 Å². The van der Waals surface area contributed by atoms with Gasteiger partial charge in [0.25, 0.3) is 0 Å². The summed E-state index contributed by atoms with van der Waals surface area (Å²) in [5.41, 5.74) is 0.858. The van der Waals surface area contributed by atoms with Crippen LogP contribution in [0.25, 0.3) is 0 Å². The number of nitrogens with zero attached hydrogens (tertiary/aromatic N) is 1. The van der Waals surface area contributed by atoms with E-state index in [1.807, 2.05) is 0 Å². The van der Waals surface area contributed by atoms with E-state index in [0.717, 1.165) is 35.5 Å². The molecule has 4 nitrogen and oxygen atoms in total. The molecule has 1 aromatic carbocycles. The first-order valence-electron chi connectivity index (χ1n) is 6.25. The van der Waals surface area contributed by atoms with Gasteiger partial charge in [-0.1, -0.05) is 19.8 Å². The van der Waals surface area contributed by atoms with Crippen LogP contribution in [0.15, 0.2) is 17.0 Å². The zero-order valence-electron chi connectivity index (χ0n) is 10.5. The molecule has 0 saturated carbocycles. The minimum absolute atomic E-state index is 0.0993. The molecule has 0 saturated heterocycles. The number of phenolic OH excluding ortho intramolecular Hbond substituents is 2. The van der Waals surface area contributed by atoms with Gasteiger partial charge in [-0.25, -0.2) is 0 Å². The van der Waals surface area contributed by atoms with Crippen LogP contribution in [0.3, 0.4) is 0 Å². The minimum atomic E-state index is -0.130. The van der Waals surface area contributed by atoms with E-state index in [4.69, 9.17) is 0 Å². The number of aromatic hydroxyl groups is 2. The smallest absolute Gasteiger partial charge is 0.158 e. The summed E-state index contributed by atoms with van der Waals surface area (Å²) in [6, 6.07) is 3.24. The van der Waals surface area contributed by atoms with Gasteiger partial charge in [0.2, 0.25) is 0 Å². The van der Waals surface area contributed by atoms with Gasteiger partial charge in [-0.2, -0.15) is 5.06 Å². The summed E-state index contributed by atoms with van der Waals surface area (Å²) >= 11 is 1.62. The monoisotopic (exact) mass is 269 g/mol. The highest BCUT2D eigenvalue weighted by Crippen LogP contribution is 2.37. The average molecular weight is 269 g/mol. The molecular weight excluding hydrogens is 250 g/mol. The third-order valence-electron chi connectivity index (χ3n) is 3.23. The lowest BCUT2D eigenvalue weighted by Gasteiger charge is -2.22. The quantitative estimate of drug-likeness (QED) is 0.736. The molecular formula is C13H19NO3S. The van der Waals surface area contributed by atoms with Crippen molar-refractivity contribution in [1.82, 2.24) is 5.06 Å². The summed E-state index contributed by atoms with van der Waals surface area (Å²) in [6.07, 6.45) is 3.17. The number of hydrogen-bond donors (Lipinski definition) is 3. The van der Waals surface area contributed by atoms with E-state index in [1.165, 1.54) is 11.1 Å². The first kappa shape index (κ1) is 13.5. The Balaban J connectivity index is 2.16. The summed E-state index contributed by atoms with van der Waals surface area (Å²) in [5.74, 6) is 0.570. The molecule has 1 unspecified atom stereocenters. The lowest BCUT2D eigenvalue weighted by Crippen LogP contribution is -2.32. The third-order valence-corrected chi connectivity index (χ3v) is 4.48. The van der Waals surface area contributed by atoms with E-state index in [1.54, 1.807) is 17.8 Å². The minimum Gasteiger partial charge on any atom is -0.504 e. The molecule has 0 spiro atoms. The van der Waals surface area contributed by atoms with Crippen molar-refractivity contribution in [3.63, 3.8) is 0 Å². The van der Waals surface area contributed by atoms with Crippen LogP contribution in [-0.2, 0) is 6.54 Å². The Morgan fingerprint density at radius 2 is 2.06 bits per heavy atom. The Bertz CT molecular complexity index is 425. The van der Waals surface area contributed by atoms with Gasteiger partial charge >= 0.3 is 0 Å². The summed E-state index contributed by atoms with van der Waals surface area (Å²) < 4.78 is 0. The van der Waals surface area contributed by atoms with Crippen molar-refractivity contribution in [2.24, 2.45) is 0 Å². The zero-order chi connectivity index (χ0) is 13.1. The zero-order valence-corrected chi connectivity index (χ0v) is 11.3. The molecule has 1 aliphatic heterocycles. The largest absolute Gasteiger partial charge is 0.504 e. The molecule has 5 heteroatoms. The second-order valence-corrected chi connectivity index (χ2v) is 5.72. The second kappa shape index (κ2) is 5.82. The van der Waals surface area contributed by atoms with Gasteiger partial charge < -0.3 is 15.4 Å². The van der Waals surface area contributed by atoms with Crippen LogP contribution in [-0.4, -0.2) is 32.3 Å². The molecule has 18 heavy (non-hydrogen) atoms. The standard InChI is InChI=1S/C13H19NO3S/c1-2-3-4-10-8-18-13-6-12(16)11(15)5-9(13)7-14(10)17/h5-6,10,15-17H,2-4,7-8H2,1H3. The van der Waals surface area contributed by atoms with Gasteiger partial charge in [0.05, 0.1) is 6.54 Å². The molecule has 3 N–H and O–H groups in total. The van der Waals surface area contributed by atoms with Crippen molar-refractivity contribution in [3.8, 4) is 11.5 Å². The molecule has 1 heterocycles. The van der Waals surface area contributed by atoms with Gasteiger partial charge in [-0.05, 0) is 24.1 Å². The number of unbranched alkanes of at least 4 members (excludes halogenated alkanes) is 1. The molecule has 0 fully saturated rings. The molecule has 1 atom stereocenters. The van der Waals surface area contributed by atoms with Crippen LogP contribution in [0.5, 0.6) is 11.5 Å². The van der Waals surface area contributed by atoms with Crippen LogP contribution in [0.2, 0.25) is 0 Å².